The smallest absolute Gasteiger partial charge is 0.193 e. The number of nitrogens with zero attached hydrogens (tertiary/aromatic N) is 5. The van der Waals surface area contributed by atoms with E-state index in [4.69, 9.17) is 0 Å². The molecule has 1 aliphatic rings. The van der Waals surface area contributed by atoms with E-state index in [1.54, 1.807) is 10.9 Å². The molecule has 0 radical (unpaired) electrons. The van der Waals surface area contributed by atoms with Crippen LogP contribution in [0.2, 0.25) is 0 Å². The second kappa shape index (κ2) is 9.89. The van der Waals surface area contributed by atoms with Gasteiger partial charge in [0.2, 0.25) is 0 Å². The van der Waals surface area contributed by atoms with E-state index >= 15 is 0 Å². The number of rotatable bonds is 5. The summed E-state index contributed by atoms with van der Waals surface area (Å²) in [5.74, 6) is 3.37. The van der Waals surface area contributed by atoms with Crippen molar-refractivity contribution in [2.24, 2.45) is 16.8 Å². The molecule has 6 nitrogen and oxygen atoms in total. The van der Waals surface area contributed by atoms with Gasteiger partial charge in [0.15, 0.2) is 11.8 Å². The molecule has 26 heavy (non-hydrogen) atoms. The Morgan fingerprint density at radius 3 is 2.92 bits per heavy atom. The third-order valence-corrected chi connectivity index (χ3v) is 4.60. The fraction of sp³-hybridized carbons (Fsp3) is 0.526. The SMILES string of the molecule is CN=C(NCc1ccnc(-n2cccn2)c1)N1CCC(CC(C)C)C1.I. The van der Waals surface area contributed by atoms with Crippen LogP contribution >= 0.6 is 24.0 Å². The molecule has 0 saturated carbocycles. The molecule has 3 heterocycles. The van der Waals surface area contributed by atoms with Crippen molar-refractivity contribution in [3.8, 4) is 5.82 Å². The molecule has 1 aliphatic heterocycles. The summed E-state index contributed by atoms with van der Waals surface area (Å²) in [4.78, 5) is 11.2. The Labute approximate surface area is 173 Å². The molecular formula is C19H29IN6. The van der Waals surface area contributed by atoms with E-state index in [2.05, 4.69) is 45.2 Å². The molecule has 0 aromatic carbocycles. The first-order valence-corrected chi connectivity index (χ1v) is 9.06. The second-order valence-corrected chi connectivity index (χ2v) is 7.10. The molecular weight excluding hydrogens is 439 g/mol. The van der Waals surface area contributed by atoms with E-state index < -0.39 is 0 Å². The Morgan fingerprint density at radius 1 is 1.38 bits per heavy atom. The highest BCUT2D eigenvalue weighted by Crippen LogP contribution is 2.23. The van der Waals surface area contributed by atoms with Crippen LogP contribution in [0.5, 0.6) is 0 Å². The number of pyridine rings is 1. The fourth-order valence-electron chi connectivity index (χ4n) is 3.50. The van der Waals surface area contributed by atoms with Crippen LogP contribution in [0.15, 0.2) is 41.8 Å². The summed E-state index contributed by atoms with van der Waals surface area (Å²) in [6.45, 7) is 7.53. The average Bonchev–Trinajstić information content (AvgIpc) is 3.27. The van der Waals surface area contributed by atoms with Gasteiger partial charge >= 0.3 is 0 Å². The number of nitrogens with one attached hydrogen (secondary N) is 1. The highest BCUT2D eigenvalue weighted by molar-refractivity contribution is 14.0. The Bertz CT molecular complexity index is 698. The van der Waals surface area contributed by atoms with Crippen molar-refractivity contribution >= 4 is 29.9 Å². The first-order chi connectivity index (χ1) is 12.2. The summed E-state index contributed by atoms with van der Waals surface area (Å²) in [5, 5.41) is 7.73. The van der Waals surface area contributed by atoms with E-state index in [0.29, 0.717) is 0 Å². The minimum Gasteiger partial charge on any atom is -0.352 e. The lowest BCUT2D eigenvalue weighted by atomic mass is 9.97. The monoisotopic (exact) mass is 468 g/mol. The predicted molar refractivity (Wildman–Crippen MR) is 116 cm³/mol. The van der Waals surface area contributed by atoms with E-state index in [1.165, 1.54) is 18.4 Å². The summed E-state index contributed by atoms with van der Waals surface area (Å²) >= 11 is 0. The highest BCUT2D eigenvalue weighted by Gasteiger charge is 2.25. The summed E-state index contributed by atoms with van der Waals surface area (Å²) in [7, 11) is 1.86. The lowest BCUT2D eigenvalue weighted by molar-refractivity contribution is 0.403. The standard InChI is InChI=1S/C19H28N6.HI/c1-15(2)11-17-6-10-24(14-17)19(20-3)22-13-16-5-8-21-18(12-16)25-9-4-7-23-25;/h4-5,7-9,12,15,17H,6,10-11,13-14H2,1-3H3,(H,20,22);1H. The molecule has 2 aromatic heterocycles. The fourth-order valence-corrected chi connectivity index (χ4v) is 3.50. The maximum atomic E-state index is 4.47. The molecule has 0 spiro atoms. The average molecular weight is 468 g/mol. The first kappa shape index (κ1) is 20.7. The quantitative estimate of drug-likeness (QED) is 0.416. The van der Waals surface area contributed by atoms with E-state index in [-0.39, 0.29) is 24.0 Å². The van der Waals surface area contributed by atoms with Crippen molar-refractivity contribution in [2.75, 3.05) is 20.1 Å². The molecule has 7 heteroatoms. The van der Waals surface area contributed by atoms with Crippen LogP contribution < -0.4 is 5.32 Å². The number of hydrogen-bond acceptors (Lipinski definition) is 3. The first-order valence-electron chi connectivity index (χ1n) is 9.06. The van der Waals surface area contributed by atoms with Crippen molar-refractivity contribution in [1.29, 1.82) is 0 Å². The van der Waals surface area contributed by atoms with Crippen LogP contribution in [-0.4, -0.2) is 45.8 Å². The molecule has 1 fully saturated rings. The number of halogens is 1. The van der Waals surface area contributed by atoms with Crippen LogP contribution in [0, 0.1) is 11.8 Å². The number of aliphatic imine (C=N–C) groups is 1. The minimum absolute atomic E-state index is 0. The van der Waals surface area contributed by atoms with Crippen LogP contribution in [-0.2, 0) is 6.54 Å². The van der Waals surface area contributed by atoms with Crippen LogP contribution in [0.4, 0.5) is 0 Å². The molecule has 1 saturated heterocycles. The van der Waals surface area contributed by atoms with Crippen molar-refractivity contribution in [3.63, 3.8) is 0 Å². The van der Waals surface area contributed by atoms with Gasteiger partial charge < -0.3 is 10.2 Å². The second-order valence-electron chi connectivity index (χ2n) is 7.10. The molecule has 1 atom stereocenters. The van der Waals surface area contributed by atoms with Crippen molar-refractivity contribution in [2.45, 2.75) is 33.2 Å². The Balaban J connectivity index is 0.00000243. The number of aromatic nitrogens is 3. The van der Waals surface area contributed by atoms with E-state index in [9.17, 15) is 0 Å². The van der Waals surface area contributed by atoms with Gasteiger partial charge in [-0.05, 0) is 48.4 Å². The third kappa shape index (κ3) is 5.43. The van der Waals surface area contributed by atoms with E-state index in [1.807, 2.05) is 31.6 Å². The Morgan fingerprint density at radius 2 is 2.23 bits per heavy atom. The molecule has 3 rings (SSSR count). The zero-order valence-corrected chi connectivity index (χ0v) is 18.1. The van der Waals surface area contributed by atoms with Gasteiger partial charge in [-0.15, -0.1) is 24.0 Å². The number of guanidine groups is 1. The number of hydrogen-bond donors (Lipinski definition) is 1. The van der Waals surface area contributed by atoms with Gasteiger partial charge in [0.1, 0.15) is 0 Å². The lowest BCUT2D eigenvalue weighted by Crippen LogP contribution is -2.39. The van der Waals surface area contributed by atoms with Crippen molar-refractivity contribution in [3.05, 3.63) is 42.4 Å². The molecule has 1 unspecified atom stereocenters. The Hall–Kier alpha value is -1.64. The van der Waals surface area contributed by atoms with Crippen LogP contribution in [0.3, 0.4) is 0 Å². The lowest BCUT2D eigenvalue weighted by Gasteiger charge is -2.22. The maximum absolute atomic E-state index is 4.47. The van der Waals surface area contributed by atoms with E-state index in [0.717, 1.165) is 43.2 Å². The summed E-state index contributed by atoms with van der Waals surface area (Å²) in [6, 6.07) is 5.98. The molecule has 1 N–H and O–H groups in total. The molecule has 142 valence electrons. The van der Waals surface area contributed by atoms with Gasteiger partial charge in [-0.1, -0.05) is 13.8 Å². The van der Waals surface area contributed by atoms with Crippen molar-refractivity contribution < 1.29 is 0 Å². The normalized spacial score (nSPS) is 17.5. The third-order valence-electron chi connectivity index (χ3n) is 4.60. The van der Waals surface area contributed by atoms with Gasteiger partial charge in [-0.2, -0.15) is 5.10 Å². The van der Waals surface area contributed by atoms with Gasteiger partial charge in [-0.25, -0.2) is 9.67 Å². The number of likely N-dealkylation sites (tertiary alicyclic amines) is 1. The Kier molecular flexibility index (Phi) is 7.86. The molecule has 0 amide bonds. The molecule has 2 aromatic rings. The summed E-state index contributed by atoms with van der Waals surface area (Å²) in [6.07, 6.45) is 8.04. The predicted octanol–water partition coefficient (Wildman–Crippen LogP) is 3.33. The van der Waals surface area contributed by atoms with Crippen molar-refractivity contribution in [1.82, 2.24) is 25.0 Å². The van der Waals surface area contributed by atoms with Gasteiger partial charge in [0.05, 0.1) is 0 Å². The maximum Gasteiger partial charge on any atom is 0.193 e. The van der Waals surface area contributed by atoms with Gasteiger partial charge in [-0.3, -0.25) is 4.99 Å². The zero-order valence-electron chi connectivity index (χ0n) is 15.8. The topological polar surface area (TPSA) is 58.3 Å². The highest BCUT2D eigenvalue weighted by atomic mass is 127. The summed E-state index contributed by atoms with van der Waals surface area (Å²) in [5.41, 5.74) is 1.17. The van der Waals surface area contributed by atoms with Gasteiger partial charge in [0, 0.05) is 45.3 Å². The minimum atomic E-state index is 0. The summed E-state index contributed by atoms with van der Waals surface area (Å²) < 4.78 is 1.77. The zero-order chi connectivity index (χ0) is 17.6. The molecule has 0 bridgehead atoms. The van der Waals surface area contributed by atoms with Crippen LogP contribution in [0.25, 0.3) is 5.82 Å². The molecule has 0 aliphatic carbocycles. The largest absolute Gasteiger partial charge is 0.352 e. The van der Waals surface area contributed by atoms with Gasteiger partial charge in [0.25, 0.3) is 0 Å². The van der Waals surface area contributed by atoms with Crippen LogP contribution in [0.1, 0.15) is 32.3 Å².